The Bertz CT molecular complexity index is 338. The van der Waals surface area contributed by atoms with Gasteiger partial charge in [-0.05, 0) is 38.4 Å². The van der Waals surface area contributed by atoms with Crippen molar-refractivity contribution in [2.24, 2.45) is 0 Å². The molecule has 0 unspecified atom stereocenters. The van der Waals surface area contributed by atoms with Crippen LogP contribution in [0, 0.1) is 0 Å². The van der Waals surface area contributed by atoms with Crippen LogP contribution < -0.4 is 10.6 Å². The molecule has 0 fully saturated rings. The molecule has 0 spiro atoms. The quantitative estimate of drug-likeness (QED) is 0.785. The summed E-state index contributed by atoms with van der Waals surface area (Å²) in [6.07, 6.45) is 0. The fraction of sp³-hybridized carbons (Fsp3) is 0.143. The van der Waals surface area contributed by atoms with Crippen molar-refractivity contribution in [3.63, 3.8) is 0 Å². The zero-order valence-corrected chi connectivity index (χ0v) is 12.8. The van der Waals surface area contributed by atoms with Crippen molar-refractivity contribution in [3.8, 4) is 0 Å². The minimum Gasteiger partial charge on any atom is -0.356 e. The number of hydrogen-bond acceptors (Lipinski definition) is 2. The molecule has 0 saturated heterocycles. The molecule has 2 aromatic rings. The first-order valence-electron chi connectivity index (χ1n) is 5.32. The molecule has 0 saturated carbocycles. The van der Waals surface area contributed by atoms with E-state index in [9.17, 15) is 0 Å². The summed E-state index contributed by atoms with van der Waals surface area (Å²) in [6, 6.07) is 20.3. The van der Waals surface area contributed by atoms with E-state index in [1.165, 1.54) is 0 Å². The molecule has 17 heavy (non-hydrogen) atoms. The summed E-state index contributed by atoms with van der Waals surface area (Å²) in [5.74, 6) is 0. The van der Waals surface area contributed by atoms with Crippen LogP contribution in [0.25, 0.3) is 0 Å². The molecule has 0 bridgehead atoms. The summed E-state index contributed by atoms with van der Waals surface area (Å²) in [5.41, 5.74) is 2.24. The van der Waals surface area contributed by atoms with E-state index in [0.717, 1.165) is 11.4 Å². The van der Waals surface area contributed by atoms with Crippen LogP contribution in [-0.4, -0.2) is 43.7 Å². The average molecular weight is 237 g/mol. The molecule has 0 aromatic heterocycles. The van der Waals surface area contributed by atoms with Gasteiger partial charge in [0.15, 0.2) is 0 Å². The van der Waals surface area contributed by atoms with Crippen LogP contribution in [0.1, 0.15) is 0 Å². The molecule has 3 heteroatoms. The third-order valence-electron chi connectivity index (χ3n) is 1.84. The van der Waals surface area contributed by atoms with Gasteiger partial charge in [0, 0.05) is 40.9 Å². The molecule has 0 amide bonds. The monoisotopic (exact) mass is 237 g/mol. The molecule has 2 N–H and O–H groups in total. The fourth-order valence-electron chi connectivity index (χ4n) is 1.21. The van der Waals surface area contributed by atoms with Gasteiger partial charge in [-0.1, -0.05) is 36.4 Å². The van der Waals surface area contributed by atoms with Crippen LogP contribution in [0.5, 0.6) is 0 Å². The second kappa shape index (κ2) is 10.4. The van der Waals surface area contributed by atoms with Crippen molar-refractivity contribution < 1.29 is 0 Å². The average Bonchev–Trinajstić information content (AvgIpc) is 2.33. The molecule has 0 aliphatic rings. The minimum atomic E-state index is 0. The number of para-hydroxylation sites is 2. The predicted molar refractivity (Wildman–Crippen MR) is 76.9 cm³/mol. The Morgan fingerprint density at radius 3 is 1.24 bits per heavy atom. The molecule has 1 radical (unpaired) electrons. The van der Waals surface area contributed by atoms with Crippen LogP contribution in [-0.2, 0) is 0 Å². The predicted octanol–water partition coefficient (Wildman–Crippen LogP) is 2.89. The van der Waals surface area contributed by atoms with Crippen molar-refractivity contribution in [3.05, 3.63) is 60.7 Å². The van der Waals surface area contributed by atoms with E-state index in [0.29, 0.717) is 0 Å². The second-order valence-electron chi connectivity index (χ2n) is 3.36. The van der Waals surface area contributed by atoms with Crippen LogP contribution >= 0.6 is 0 Å². The number of benzene rings is 2. The van der Waals surface area contributed by atoms with Gasteiger partial charge in [-0.15, -0.1) is 0 Å². The van der Waals surface area contributed by atoms with E-state index in [1.807, 2.05) is 74.8 Å². The summed E-state index contributed by atoms with van der Waals surface area (Å²) in [5, 5.41) is 6.05. The molecule has 0 heterocycles. The van der Waals surface area contributed by atoms with Crippen molar-refractivity contribution in [1.82, 2.24) is 5.32 Å². The summed E-state index contributed by atoms with van der Waals surface area (Å²) < 4.78 is 0. The van der Waals surface area contributed by atoms with E-state index in [-0.39, 0.29) is 29.6 Å². The minimum absolute atomic E-state index is 0. The Labute approximate surface area is 126 Å². The van der Waals surface area contributed by atoms with Crippen molar-refractivity contribution >= 4 is 40.9 Å². The van der Waals surface area contributed by atoms with Gasteiger partial charge in [-0.2, -0.15) is 0 Å². The maximum absolute atomic E-state index is 3.30. The maximum atomic E-state index is 3.30. The van der Waals surface area contributed by atoms with Gasteiger partial charge in [0.05, 0.1) is 0 Å². The summed E-state index contributed by atoms with van der Waals surface area (Å²) in [7, 11) is 3.75. The normalized spacial score (nSPS) is 8.35. The van der Waals surface area contributed by atoms with Gasteiger partial charge in [0.1, 0.15) is 0 Å². The first kappa shape index (κ1) is 16.2. The number of nitrogens with one attached hydrogen (secondary N) is 2. The number of anilines is 2. The van der Waals surface area contributed by atoms with Crippen molar-refractivity contribution in [1.29, 1.82) is 0 Å². The van der Waals surface area contributed by atoms with Gasteiger partial charge in [-0.25, -0.2) is 0 Å². The van der Waals surface area contributed by atoms with Crippen LogP contribution in [0.4, 0.5) is 11.4 Å². The van der Waals surface area contributed by atoms with E-state index in [1.54, 1.807) is 0 Å². The van der Waals surface area contributed by atoms with Crippen LogP contribution in [0.3, 0.4) is 0 Å². The summed E-state index contributed by atoms with van der Waals surface area (Å²) >= 11 is 0. The smallest absolute Gasteiger partial charge is 0.0384 e. The van der Waals surface area contributed by atoms with Gasteiger partial charge < -0.3 is 10.6 Å². The number of hydrogen-bond donors (Lipinski definition) is 2. The van der Waals surface area contributed by atoms with E-state index in [2.05, 4.69) is 10.6 Å². The SMILES string of the molecule is CNC.[Na].c1ccc(Nc2ccccc2)cc1. The van der Waals surface area contributed by atoms with Gasteiger partial charge in [0.25, 0.3) is 0 Å². The zero-order valence-electron chi connectivity index (χ0n) is 10.8. The molecular formula is C14H18N2Na. The molecule has 2 rings (SSSR count). The zero-order chi connectivity index (χ0) is 11.6. The first-order chi connectivity index (χ1) is 7.86. The standard InChI is InChI=1S/C12H11N.C2H7N.Na/c1-3-7-11(8-4-1)13-12-9-5-2-6-10-12;1-3-2;/h1-10,13H;3H,1-2H3;. The van der Waals surface area contributed by atoms with Crippen LogP contribution in [0.2, 0.25) is 0 Å². The topological polar surface area (TPSA) is 24.1 Å². The maximum Gasteiger partial charge on any atom is 0.0384 e. The molecule has 0 aliphatic heterocycles. The van der Waals surface area contributed by atoms with E-state index in [4.69, 9.17) is 0 Å². The van der Waals surface area contributed by atoms with Gasteiger partial charge in [-0.3, -0.25) is 0 Å². The van der Waals surface area contributed by atoms with Crippen LogP contribution in [0.15, 0.2) is 60.7 Å². The largest absolute Gasteiger partial charge is 0.356 e. The molecular weight excluding hydrogens is 219 g/mol. The fourth-order valence-corrected chi connectivity index (χ4v) is 1.21. The third-order valence-corrected chi connectivity index (χ3v) is 1.84. The Morgan fingerprint density at radius 1 is 0.647 bits per heavy atom. The Kier molecular flexibility index (Phi) is 9.87. The van der Waals surface area contributed by atoms with Crippen molar-refractivity contribution in [2.45, 2.75) is 0 Å². The molecule has 85 valence electrons. The summed E-state index contributed by atoms with van der Waals surface area (Å²) in [6.45, 7) is 0. The van der Waals surface area contributed by atoms with Gasteiger partial charge in [0.2, 0.25) is 0 Å². The van der Waals surface area contributed by atoms with E-state index < -0.39 is 0 Å². The number of rotatable bonds is 2. The van der Waals surface area contributed by atoms with E-state index >= 15 is 0 Å². The molecule has 2 nitrogen and oxygen atoms in total. The Balaban J connectivity index is 0.000000583. The molecule has 0 aliphatic carbocycles. The molecule has 0 atom stereocenters. The van der Waals surface area contributed by atoms with Crippen molar-refractivity contribution in [2.75, 3.05) is 19.4 Å². The summed E-state index contributed by atoms with van der Waals surface area (Å²) in [4.78, 5) is 0. The first-order valence-corrected chi connectivity index (χ1v) is 5.32. The van der Waals surface area contributed by atoms with Gasteiger partial charge >= 0.3 is 0 Å². The second-order valence-corrected chi connectivity index (χ2v) is 3.36. The third kappa shape index (κ3) is 7.18. The molecule has 2 aromatic carbocycles. The Hall–Kier alpha value is -0.800. The Morgan fingerprint density at radius 2 is 0.941 bits per heavy atom.